The molecule has 130 valence electrons. The lowest BCUT2D eigenvalue weighted by Crippen LogP contribution is -2.31. The van der Waals surface area contributed by atoms with Gasteiger partial charge >= 0.3 is 6.18 Å². The number of alkyl halides is 3. The first-order valence-corrected chi connectivity index (χ1v) is 7.46. The SMILES string of the molecule is COCCNC(=S)Nc1ccc2c(c1)C(C(F)(F)F)=CC(=O)NC2. The summed E-state index contributed by atoms with van der Waals surface area (Å²) in [5, 5.41) is 8.36. The van der Waals surface area contributed by atoms with E-state index in [1.54, 1.807) is 13.2 Å². The van der Waals surface area contributed by atoms with Crippen molar-refractivity contribution < 1.29 is 22.7 Å². The number of hydrogen-bond donors (Lipinski definition) is 3. The highest BCUT2D eigenvalue weighted by atomic mass is 32.1. The minimum atomic E-state index is -4.63. The first-order chi connectivity index (χ1) is 11.3. The number of carbonyl (C=O) groups is 1. The Bertz CT molecular complexity index is 674. The van der Waals surface area contributed by atoms with Crippen LogP contribution in [0.4, 0.5) is 18.9 Å². The molecule has 1 aliphatic heterocycles. The zero-order valence-corrected chi connectivity index (χ0v) is 13.6. The molecule has 0 aliphatic carbocycles. The zero-order valence-electron chi connectivity index (χ0n) is 12.8. The number of hydrogen-bond acceptors (Lipinski definition) is 3. The minimum absolute atomic E-state index is 0.0288. The fraction of sp³-hybridized carbons (Fsp3) is 0.333. The summed E-state index contributed by atoms with van der Waals surface area (Å²) in [6, 6.07) is 4.47. The van der Waals surface area contributed by atoms with Crippen molar-refractivity contribution in [1.29, 1.82) is 0 Å². The van der Waals surface area contributed by atoms with Crippen LogP contribution < -0.4 is 16.0 Å². The van der Waals surface area contributed by atoms with Gasteiger partial charge in [0.25, 0.3) is 0 Å². The van der Waals surface area contributed by atoms with Crippen LogP contribution in [-0.2, 0) is 16.1 Å². The number of amides is 1. The maximum absolute atomic E-state index is 13.3. The number of anilines is 1. The van der Waals surface area contributed by atoms with Crippen LogP contribution >= 0.6 is 12.2 Å². The Morgan fingerprint density at radius 1 is 1.42 bits per heavy atom. The third kappa shape index (κ3) is 4.68. The van der Waals surface area contributed by atoms with Crippen molar-refractivity contribution in [2.75, 3.05) is 25.6 Å². The molecule has 1 aromatic rings. The molecule has 0 spiro atoms. The molecule has 0 bridgehead atoms. The van der Waals surface area contributed by atoms with Crippen LogP contribution in [0, 0.1) is 0 Å². The van der Waals surface area contributed by atoms with Gasteiger partial charge in [-0.3, -0.25) is 4.79 Å². The molecule has 0 radical (unpaired) electrons. The van der Waals surface area contributed by atoms with E-state index in [1.165, 1.54) is 12.1 Å². The fourth-order valence-corrected chi connectivity index (χ4v) is 2.40. The van der Waals surface area contributed by atoms with Crippen molar-refractivity contribution in [2.45, 2.75) is 12.7 Å². The van der Waals surface area contributed by atoms with E-state index in [2.05, 4.69) is 16.0 Å². The summed E-state index contributed by atoms with van der Waals surface area (Å²) in [6.07, 6.45) is -4.06. The second-order valence-electron chi connectivity index (χ2n) is 5.02. The molecule has 0 atom stereocenters. The van der Waals surface area contributed by atoms with Gasteiger partial charge in [-0.05, 0) is 35.5 Å². The van der Waals surface area contributed by atoms with Crippen molar-refractivity contribution in [3.8, 4) is 0 Å². The van der Waals surface area contributed by atoms with Crippen LogP contribution in [0.1, 0.15) is 11.1 Å². The first-order valence-electron chi connectivity index (χ1n) is 7.05. The zero-order chi connectivity index (χ0) is 17.7. The number of benzene rings is 1. The van der Waals surface area contributed by atoms with Gasteiger partial charge in [0.05, 0.1) is 12.2 Å². The lowest BCUT2D eigenvalue weighted by Gasteiger charge is -2.16. The number of thiocarbonyl (C=S) groups is 1. The highest BCUT2D eigenvalue weighted by Crippen LogP contribution is 2.37. The van der Waals surface area contributed by atoms with Gasteiger partial charge in [0.1, 0.15) is 0 Å². The molecule has 0 fully saturated rings. The molecule has 0 aromatic heterocycles. The summed E-state index contributed by atoms with van der Waals surface area (Å²) >= 11 is 5.07. The molecule has 1 amide bonds. The Kier molecular flexibility index (Phi) is 5.79. The van der Waals surface area contributed by atoms with Gasteiger partial charge in [-0.2, -0.15) is 13.2 Å². The van der Waals surface area contributed by atoms with Gasteiger partial charge in [0.2, 0.25) is 5.91 Å². The second-order valence-corrected chi connectivity index (χ2v) is 5.43. The van der Waals surface area contributed by atoms with E-state index in [0.29, 0.717) is 30.5 Å². The van der Waals surface area contributed by atoms with Crippen LogP contribution in [-0.4, -0.2) is 37.5 Å². The summed E-state index contributed by atoms with van der Waals surface area (Å²) in [5.41, 5.74) is -0.249. The Balaban J connectivity index is 2.26. The molecule has 0 saturated carbocycles. The van der Waals surface area contributed by atoms with Crippen LogP contribution in [0.25, 0.3) is 5.57 Å². The number of ether oxygens (including phenoxy) is 1. The standard InChI is InChI=1S/C15H16F3N3O2S/c1-23-5-4-19-14(24)21-10-3-2-9-8-20-13(22)7-12(11(9)6-10)15(16,17)18/h2-3,6-7H,4-5,8H2,1H3,(H,20,22)(H2,19,21,24). The van der Waals surface area contributed by atoms with Gasteiger partial charge in [0, 0.05) is 32.0 Å². The van der Waals surface area contributed by atoms with Gasteiger partial charge in [-0.15, -0.1) is 0 Å². The highest BCUT2D eigenvalue weighted by molar-refractivity contribution is 7.80. The Morgan fingerprint density at radius 2 is 2.17 bits per heavy atom. The van der Waals surface area contributed by atoms with Crippen LogP contribution in [0.5, 0.6) is 0 Å². The Hall–Kier alpha value is -2.13. The quantitative estimate of drug-likeness (QED) is 0.568. The molecule has 24 heavy (non-hydrogen) atoms. The molecule has 1 aliphatic rings. The summed E-state index contributed by atoms with van der Waals surface area (Å²) in [6.45, 7) is 0.946. The largest absolute Gasteiger partial charge is 0.417 e. The van der Waals surface area contributed by atoms with Crippen LogP contribution in [0.2, 0.25) is 0 Å². The van der Waals surface area contributed by atoms with Gasteiger partial charge in [-0.1, -0.05) is 6.07 Å². The van der Waals surface area contributed by atoms with Crippen molar-refractivity contribution in [2.24, 2.45) is 0 Å². The van der Waals surface area contributed by atoms with Gasteiger partial charge in [0.15, 0.2) is 5.11 Å². The van der Waals surface area contributed by atoms with Crippen molar-refractivity contribution >= 4 is 34.5 Å². The molecule has 9 heteroatoms. The van der Waals surface area contributed by atoms with E-state index in [-0.39, 0.29) is 17.2 Å². The van der Waals surface area contributed by atoms with Gasteiger partial charge < -0.3 is 20.7 Å². The average molecular weight is 359 g/mol. The maximum atomic E-state index is 13.3. The number of rotatable bonds is 4. The minimum Gasteiger partial charge on any atom is -0.383 e. The van der Waals surface area contributed by atoms with E-state index in [1.807, 2.05) is 0 Å². The van der Waals surface area contributed by atoms with E-state index in [4.69, 9.17) is 17.0 Å². The molecule has 2 rings (SSSR count). The molecule has 0 unspecified atom stereocenters. The average Bonchev–Trinajstić information content (AvgIpc) is 2.66. The van der Waals surface area contributed by atoms with E-state index < -0.39 is 17.7 Å². The number of fused-ring (bicyclic) bond motifs is 1. The summed E-state index contributed by atoms with van der Waals surface area (Å²) < 4.78 is 44.6. The fourth-order valence-electron chi connectivity index (χ4n) is 2.18. The molecule has 5 nitrogen and oxygen atoms in total. The summed E-state index contributed by atoms with van der Waals surface area (Å²) in [7, 11) is 1.55. The van der Waals surface area contributed by atoms with Gasteiger partial charge in [-0.25, -0.2) is 0 Å². The molecular weight excluding hydrogens is 343 g/mol. The number of nitrogens with one attached hydrogen (secondary N) is 3. The Morgan fingerprint density at radius 3 is 2.83 bits per heavy atom. The summed E-state index contributed by atoms with van der Waals surface area (Å²) in [4.78, 5) is 11.5. The van der Waals surface area contributed by atoms with Crippen molar-refractivity contribution in [3.05, 3.63) is 35.4 Å². The smallest absolute Gasteiger partial charge is 0.383 e. The van der Waals surface area contributed by atoms with Crippen molar-refractivity contribution in [1.82, 2.24) is 10.6 Å². The number of halogens is 3. The third-order valence-electron chi connectivity index (χ3n) is 3.28. The third-order valence-corrected chi connectivity index (χ3v) is 3.53. The van der Waals surface area contributed by atoms with E-state index in [9.17, 15) is 18.0 Å². The Labute approximate surface area is 142 Å². The lowest BCUT2D eigenvalue weighted by molar-refractivity contribution is -0.117. The first kappa shape index (κ1) is 18.2. The summed E-state index contributed by atoms with van der Waals surface area (Å²) in [5.74, 6) is -0.773. The van der Waals surface area contributed by atoms with E-state index in [0.717, 1.165) is 0 Å². The van der Waals surface area contributed by atoms with Crippen LogP contribution in [0.3, 0.4) is 0 Å². The topological polar surface area (TPSA) is 62.4 Å². The predicted molar refractivity (Wildman–Crippen MR) is 88.4 cm³/mol. The number of allylic oxidation sites excluding steroid dienone is 1. The molecule has 0 saturated heterocycles. The number of methoxy groups -OCH3 is 1. The lowest BCUT2D eigenvalue weighted by atomic mass is 9.99. The number of carbonyl (C=O) groups excluding carboxylic acids is 1. The highest BCUT2D eigenvalue weighted by Gasteiger charge is 2.37. The molecule has 3 N–H and O–H groups in total. The molecule has 1 heterocycles. The normalized spacial score (nSPS) is 14.2. The maximum Gasteiger partial charge on any atom is 0.417 e. The predicted octanol–water partition coefficient (Wildman–Crippen LogP) is 2.19. The van der Waals surface area contributed by atoms with Crippen LogP contribution in [0.15, 0.2) is 24.3 Å². The molecule has 1 aromatic carbocycles. The second kappa shape index (κ2) is 7.63. The van der Waals surface area contributed by atoms with Crippen molar-refractivity contribution in [3.63, 3.8) is 0 Å². The van der Waals surface area contributed by atoms with E-state index >= 15 is 0 Å². The molecular formula is C15H16F3N3O2S. The monoisotopic (exact) mass is 359 g/mol.